The summed E-state index contributed by atoms with van der Waals surface area (Å²) in [7, 11) is -4.63. The molecule has 0 aliphatic carbocycles. The summed E-state index contributed by atoms with van der Waals surface area (Å²) >= 11 is 0. The third-order valence-corrected chi connectivity index (χ3v) is 3.02. The van der Waals surface area contributed by atoms with Crippen LogP contribution in [0.1, 0.15) is 0 Å². The van der Waals surface area contributed by atoms with Crippen LogP contribution >= 0.6 is 0 Å². The molecule has 1 aromatic carbocycles. The van der Waals surface area contributed by atoms with Gasteiger partial charge in [-0.25, -0.2) is 5.32 Å². The van der Waals surface area contributed by atoms with Gasteiger partial charge in [-0.15, -0.1) is 0 Å². The number of anilines is 1. The highest BCUT2D eigenvalue weighted by atomic mass is 32.2. The lowest BCUT2D eigenvalue weighted by atomic mass is 10.3. The van der Waals surface area contributed by atoms with Crippen LogP contribution in [0, 0.1) is 10.1 Å². The second-order valence-electron chi connectivity index (χ2n) is 3.44. The Hall–Kier alpha value is -1.71. The van der Waals surface area contributed by atoms with Gasteiger partial charge in [-0.1, -0.05) is 0 Å². The van der Waals surface area contributed by atoms with E-state index in [-0.39, 0.29) is 6.17 Å². The van der Waals surface area contributed by atoms with E-state index in [1.54, 1.807) is 0 Å². The van der Waals surface area contributed by atoms with E-state index in [4.69, 9.17) is 4.55 Å². The molecular weight excluding hydrogens is 250 g/mol. The molecule has 1 unspecified atom stereocenters. The van der Waals surface area contributed by atoms with E-state index in [9.17, 15) is 18.5 Å². The van der Waals surface area contributed by atoms with Gasteiger partial charge in [-0.05, 0) is 12.1 Å². The summed E-state index contributed by atoms with van der Waals surface area (Å²) < 4.78 is 30.9. The first-order valence-corrected chi connectivity index (χ1v) is 6.01. The number of nitro benzene ring substituents is 1. The number of benzene rings is 1. The minimum atomic E-state index is -4.63. The molecule has 0 amide bonds. The van der Waals surface area contributed by atoms with Crippen LogP contribution < -0.4 is 10.6 Å². The van der Waals surface area contributed by atoms with Crippen molar-refractivity contribution < 1.29 is 17.9 Å². The van der Waals surface area contributed by atoms with Gasteiger partial charge in [0.1, 0.15) is 6.17 Å². The Morgan fingerprint density at radius 1 is 1.53 bits per heavy atom. The maximum Gasteiger partial charge on any atom is 0.301 e. The number of nitro groups is 1. The van der Waals surface area contributed by atoms with Crippen molar-refractivity contribution in [3.05, 3.63) is 28.3 Å². The molecule has 1 aliphatic rings. The number of hydrogen-bond acceptors (Lipinski definition) is 5. The van der Waals surface area contributed by atoms with E-state index < -0.39 is 25.6 Å². The van der Waals surface area contributed by atoms with E-state index in [2.05, 4.69) is 10.6 Å². The molecule has 0 spiro atoms. The number of hydrogen-bond donors (Lipinski definition) is 2. The predicted octanol–water partition coefficient (Wildman–Crippen LogP) is 0.197. The van der Waals surface area contributed by atoms with Crippen molar-refractivity contribution in [1.29, 1.82) is 0 Å². The monoisotopic (exact) mass is 258 g/mol. The molecule has 17 heavy (non-hydrogen) atoms. The van der Waals surface area contributed by atoms with Gasteiger partial charge in [0.05, 0.1) is 11.5 Å². The minimum Gasteiger partial charge on any atom is -0.367 e. The van der Waals surface area contributed by atoms with Gasteiger partial charge in [0.15, 0.2) is 4.90 Å². The molecule has 1 fully saturated rings. The van der Waals surface area contributed by atoms with Crippen molar-refractivity contribution in [2.24, 2.45) is 0 Å². The largest absolute Gasteiger partial charge is 0.367 e. The summed E-state index contributed by atoms with van der Waals surface area (Å²) in [6.45, 7) is 0.609. The Balaban J connectivity index is 2.45. The Kier molecular flexibility index (Phi) is 2.73. The number of nitrogens with zero attached hydrogens (tertiary/aromatic N) is 2. The van der Waals surface area contributed by atoms with Crippen molar-refractivity contribution in [1.82, 2.24) is 5.32 Å². The molecule has 1 saturated heterocycles. The maximum atomic E-state index is 11.0. The van der Waals surface area contributed by atoms with Gasteiger partial charge in [0, 0.05) is 11.8 Å². The molecule has 91 valence electrons. The molecule has 0 aromatic heterocycles. The highest BCUT2D eigenvalue weighted by molar-refractivity contribution is 7.86. The van der Waals surface area contributed by atoms with Crippen LogP contribution in [-0.4, -0.2) is 30.6 Å². The summed E-state index contributed by atoms with van der Waals surface area (Å²) in [6.07, 6.45) is -0.0919. The van der Waals surface area contributed by atoms with E-state index in [0.29, 0.717) is 12.2 Å². The SMILES string of the molecule is O=[N+]([O-])c1ccc(NC2C[N]2)cc1S(=O)(=O)O. The second-order valence-corrected chi connectivity index (χ2v) is 4.83. The fourth-order valence-electron chi connectivity index (χ4n) is 1.30. The molecule has 9 heteroatoms. The van der Waals surface area contributed by atoms with E-state index in [1.807, 2.05) is 0 Å². The molecule has 0 bridgehead atoms. The lowest BCUT2D eigenvalue weighted by Gasteiger charge is -2.05. The van der Waals surface area contributed by atoms with Crippen molar-refractivity contribution >= 4 is 21.5 Å². The Morgan fingerprint density at radius 3 is 2.65 bits per heavy atom. The van der Waals surface area contributed by atoms with Crippen LogP contribution in [0.15, 0.2) is 23.1 Å². The molecular formula is C8H8N3O5S. The first-order chi connectivity index (χ1) is 7.88. The van der Waals surface area contributed by atoms with Crippen LogP contribution in [-0.2, 0) is 10.1 Å². The van der Waals surface area contributed by atoms with Crippen LogP contribution in [0.25, 0.3) is 0 Å². The van der Waals surface area contributed by atoms with Gasteiger partial charge in [0.2, 0.25) is 0 Å². The number of rotatable bonds is 4. The molecule has 0 saturated carbocycles. The van der Waals surface area contributed by atoms with Gasteiger partial charge in [0.25, 0.3) is 5.69 Å². The normalized spacial score (nSPS) is 18.8. The standard InChI is InChI=1S/C8H8N3O5S/c12-11(13)6-2-1-5(10-8-4-9-8)3-7(6)17(14,15)16/h1-3,8,10H,4H2,(H,14,15,16). The van der Waals surface area contributed by atoms with E-state index >= 15 is 0 Å². The summed E-state index contributed by atoms with van der Waals surface area (Å²) in [5, 5.41) is 17.3. The quantitative estimate of drug-likeness (QED) is 0.344. The van der Waals surface area contributed by atoms with Crippen molar-refractivity contribution in [3.63, 3.8) is 0 Å². The third-order valence-electron chi connectivity index (χ3n) is 2.13. The average Bonchev–Trinajstić information content (AvgIpc) is 3.00. The van der Waals surface area contributed by atoms with Gasteiger partial charge >= 0.3 is 10.1 Å². The molecule has 2 N–H and O–H groups in total. The van der Waals surface area contributed by atoms with Gasteiger partial charge in [-0.3, -0.25) is 14.7 Å². The molecule has 8 nitrogen and oxygen atoms in total. The summed E-state index contributed by atoms with van der Waals surface area (Å²) in [5.41, 5.74) is -0.305. The lowest BCUT2D eigenvalue weighted by Crippen LogP contribution is -2.08. The Bertz CT molecular complexity index is 567. The van der Waals surface area contributed by atoms with Crippen molar-refractivity contribution in [2.75, 3.05) is 11.9 Å². The topological polar surface area (TPSA) is 124 Å². The van der Waals surface area contributed by atoms with E-state index in [0.717, 1.165) is 12.1 Å². The zero-order chi connectivity index (χ0) is 12.6. The lowest BCUT2D eigenvalue weighted by molar-refractivity contribution is -0.387. The smallest absolute Gasteiger partial charge is 0.301 e. The maximum absolute atomic E-state index is 11.0. The molecule has 1 heterocycles. The summed E-state index contributed by atoms with van der Waals surface area (Å²) in [5.74, 6) is 0. The molecule has 1 aromatic rings. The van der Waals surface area contributed by atoms with Crippen LogP contribution in [0.4, 0.5) is 11.4 Å². The fourth-order valence-corrected chi connectivity index (χ4v) is 1.98. The first-order valence-electron chi connectivity index (χ1n) is 4.57. The molecule has 1 atom stereocenters. The zero-order valence-corrected chi connectivity index (χ0v) is 9.22. The highest BCUT2D eigenvalue weighted by Gasteiger charge is 2.26. The molecule has 1 radical (unpaired) electrons. The number of nitrogens with one attached hydrogen (secondary N) is 1. The van der Waals surface area contributed by atoms with Crippen LogP contribution in [0.2, 0.25) is 0 Å². The zero-order valence-electron chi connectivity index (χ0n) is 8.40. The first kappa shape index (κ1) is 11.8. The average molecular weight is 258 g/mol. The van der Waals surface area contributed by atoms with Gasteiger partial charge in [-0.2, -0.15) is 8.42 Å². The predicted molar refractivity (Wildman–Crippen MR) is 57.3 cm³/mol. The molecule has 2 rings (SSSR count). The highest BCUT2D eigenvalue weighted by Crippen LogP contribution is 2.27. The van der Waals surface area contributed by atoms with Crippen LogP contribution in [0.3, 0.4) is 0 Å². The van der Waals surface area contributed by atoms with Gasteiger partial charge < -0.3 is 5.32 Å². The summed E-state index contributed by atoms with van der Waals surface area (Å²) in [4.78, 5) is 9.01. The molecule has 1 aliphatic heterocycles. The second kappa shape index (κ2) is 3.95. The third kappa shape index (κ3) is 2.70. The van der Waals surface area contributed by atoms with Crippen LogP contribution in [0.5, 0.6) is 0 Å². The van der Waals surface area contributed by atoms with Crippen molar-refractivity contribution in [2.45, 2.75) is 11.1 Å². The van der Waals surface area contributed by atoms with Crippen molar-refractivity contribution in [3.8, 4) is 0 Å². The Labute approximate surface area is 96.5 Å². The Morgan fingerprint density at radius 2 is 2.18 bits per heavy atom. The minimum absolute atomic E-state index is 0.0919. The fraction of sp³-hybridized carbons (Fsp3) is 0.250. The van der Waals surface area contributed by atoms with E-state index in [1.165, 1.54) is 6.07 Å². The summed E-state index contributed by atoms with van der Waals surface area (Å²) in [6, 6.07) is 3.40.